The van der Waals surface area contributed by atoms with Crippen molar-refractivity contribution in [1.82, 2.24) is 9.55 Å². The van der Waals surface area contributed by atoms with Gasteiger partial charge >= 0.3 is 6.18 Å². The van der Waals surface area contributed by atoms with E-state index in [9.17, 15) is 17.6 Å². The lowest BCUT2D eigenvalue weighted by atomic mass is 10.2. The molecule has 1 atom stereocenters. The number of aromatic nitrogens is 2. The van der Waals surface area contributed by atoms with Crippen molar-refractivity contribution in [2.45, 2.75) is 31.4 Å². The third-order valence-corrected chi connectivity index (χ3v) is 3.07. The molecule has 0 aliphatic rings. The topological polar surface area (TPSA) is 17.8 Å². The Balaban J connectivity index is 2.55. The maximum absolute atomic E-state index is 13.6. The summed E-state index contributed by atoms with van der Waals surface area (Å²) in [7, 11) is 0. The van der Waals surface area contributed by atoms with Crippen LogP contribution in [0.5, 0.6) is 0 Å². The van der Waals surface area contributed by atoms with Crippen molar-refractivity contribution in [3.05, 3.63) is 29.8 Å². The van der Waals surface area contributed by atoms with Gasteiger partial charge in [0.1, 0.15) is 11.3 Å². The second-order valence-corrected chi connectivity index (χ2v) is 4.57. The predicted molar refractivity (Wildman–Crippen MR) is 64.6 cm³/mol. The van der Waals surface area contributed by atoms with Crippen LogP contribution >= 0.6 is 11.6 Å². The van der Waals surface area contributed by atoms with Gasteiger partial charge in [0.2, 0.25) is 0 Å². The molecule has 0 radical (unpaired) electrons. The van der Waals surface area contributed by atoms with Crippen LogP contribution in [0.25, 0.3) is 11.0 Å². The minimum Gasteiger partial charge on any atom is -0.324 e. The number of imidazole rings is 1. The van der Waals surface area contributed by atoms with Crippen molar-refractivity contribution in [3.8, 4) is 0 Å². The van der Waals surface area contributed by atoms with E-state index in [0.29, 0.717) is 5.52 Å². The van der Waals surface area contributed by atoms with E-state index in [4.69, 9.17) is 11.6 Å². The fourth-order valence-corrected chi connectivity index (χ4v) is 2.33. The van der Waals surface area contributed by atoms with Gasteiger partial charge in [0.15, 0.2) is 5.82 Å². The van der Waals surface area contributed by atoms with Crippen LogP contribution in [-0.4, -0.2) is 15.7 Å². The van der Waals surface area contributed by atoms with E-state index in [1.165, 1.54) is 29.7 Å². The van der Waals surface area contributed by atoms with E-state index in [1.807, 2.05) is 0 Å². The van der Waals surface area contributed by atoms with Gasteiger partial charge in [-0.1, -0.05) is 6.07 Å². The van der Waals surface area contributed by atoms with E-state index in [0.717, 1.165) is 0 Å². The van der Waals surface area contributed by atoms with Crippen LogP contribution in [0.15, 0.2) is 18.2 Å². The molecule has 0 spiro atoms. The smallest absolute Gasteiger partial charge is 0.324 e. The molecule has 0 saturated heterocycles. The zero-order valence-electron chi connectivity index (χ0n) is 10.0. The Morgan fingerprint density at radius 1 is 1.37 bits per heavy atom. The second kappa shape index (κ2) is 5.00. The number of para-hydroxylation sites is 1. The minimum absolute atomic E-state index is 0.0483. The molecule has 19 heavy (non-hydrogen) atoms. The van der Waals surface area contributed by atoms with Gasteiger partial charge in [-0.3, -0.25) is 0 Å². The molecule has 0 aliphatic carbocycles. The highest BCUT2D eigenvalue weighted by Gasteiger charge is 2.32. The Kier molecular flexibility index (Phi) is 3.71. The number of alkyl halides is 4. The maximum atomic E-state index is 13.6. The lowest BCUT2D eigenvalue weighted by molar-refractivity contribution is -0.141. The average molecular weight is 295 g/mol. The molecule has 2 aromatic rings. The van der Waals surface area contributed by atoms with Crippen LogP contribution in [0.3, 0.4) is 0 Å². The van der Waals surface area contributed by atoms with Crippen LogP contribution in [0.2, 0.25) is 0 Å². The van der Waals surface area contributed by atoms with E-state index < -0.39 is 24.5 Å². The maximum Gasteiger partial charge on any atom is 0.391 e. The van der Waals surface area contributed by atoms with Gasteiger partial charge in [-0.2, -0.15) is 13.2 Å². The van der Waals surface area contributed by atoms with Crippen molar-refractivity contribution in [2.75, 3.05) is 0 Å². The standard InChI is InChI=1S/C12H11ClF4N2/c1-7(5-12(15,16)17)19-9-4-2-3-8(14)11(9)18-10(19)6-13/h2-4,7H,5-6H2,1H3. The summed E-state index contributed by atoms with van der Waals surface area (Å²) >= 11 is 5.68. The molecule has 0 saturated carbocycles. The Morgan fingerprint density at radius 3 is 2.63 bits per heavy atom. The summed E-state index contributed by atoms with van der Waals surface area (Å²) in [5, 5.41) is 0. The van der Waals surface area contributed by atoms with E-state index in [2.05, 4.69) is 4.98 Å². The molecule has 7 heteroatoms. The Bertz CT molecular complexity index is 591. The fraction of sp³-hybridized carbons (Fsp3) is 0.417. The molecule has 0 fully saturated rings. The molecule has 104 valence electrons. The van der Waals surface area contributed by atoms with Gasteiger partial charge in [-0.25, -0.2) is 9.37 Å². The zero-order chi connectivity index (χ0) is 14.2. The lowest BCUT2D eigenvalue weighted by Crippen LogP contribution is -2.17. The van der Waals surface area contributed by atoms with E-state index in [-0.39, 0.29) is 17.2 Å². The largest absolute Gasteiger partial charge is 0.391 e. The molecule has 1 heterocycles. The monoisotopic (exact) mass is 294 g/mol. The van der Waals surface area contributed by atoms with Gasteiger partial charge in [0.05, 0.1) is 17.8 Å². The predicted octanol–water partition coefficient (Wildman–Crippen LogP) is 4.43. The third-order valence-electron chi connectivity index (χ3n) is 2.83. The van der Waals surface area contributed by atoms with Gasteiger partial charge < -0.3 is 4.57 Å². The zero-order valence-corrected chi connectivity index (χ0v) is 10.8. The Morgan fingerprint density at radius 2 is 2.05 bits per heavy atom. The number of hydrogen-bond donors (Lipinski definition) is 0. The molecule has 1 aromatic heterocycles. The second-order valence-electron chi connectivity index (χ2n) is 4.31. The van der Waals surface area contributed by atoms with Crippen LogP contribution in [0, 0.1) is 5.82 Å². The van der Waals surface area contributed by atoms with Crippen molar-refractivity contribution in [2.24, 2.45) is 0 Å². The Labute approximate surface area is 112 Å². The number of halogens is 5. The molecule has 0 amide bonds. The number of hydrogen-bond acceptors (Lipinski definition) is 1. The molecule has 1 unspecified atom stereocenters. The molecule has 0 bridgehead atoms. The number of rotatable bonds is 3. The first kappa shape index (κ1) is 14.1. The van der Waals surface area contributed by atoms with Crippen LogP contribution in [0.1, 0.15) is 25.2 Å². The van der Waals surface area contributed by atoms with Gasteiger partial charge in [0.25, 0.3) is 0 Å². The van der Waals surface area contributed by atoms with E-state index >= 15 is 0 Å². The summed E-state index contributed by atoms with van der Waals surface area (Å²) in [6, 6.07) is 3.30. The SMILES string of the molecule is CC(CC(F)(F)F)n1c(CCl)nc2c(F)cccc21. The highest BCUT2D eigenvalue weighted by molar-refractivity contribution is 6.16. The number of benzene rings is 1. The summed E-state index contributed by atoms with van der Waals surface area (Å²) in [5.74, 6) is -0.406. The van der Waals surface area contributed by atoms with Gasteiger partial charge in [-0.15, -0.1) is 11.6 Å². The highest BCUT2D eigenvalue weighted by Crippen LogP contribution is 2.31. The fourth-order valence-electron chi connectivity index (χ4n) is 2.14. The van der Waals surface area contributed by atoms with Gasteiger partial charge in [0, 0.05) is 6.04 Å². The number of fused-ring (bicyclic) bond motifs is 1. The Hall–Kier alpha value is -1.30. The normalized spacial score (nSPS) is 14.0. The summed E-state index contributed by atoms with van der Waals surface area (Å²) < 4.78 is 52.3. The first-order valence-electron chi connectivity index (χ1n) is 5.61. The molecule has 0 N–H and O–H groups in total. The first-order chi connectivity index (χ1) is 8.83. The van der Waals surface area contributed by atoms with Crippen LogP contribution < -0.4 is 0 Å². The highest BCUT2D eigenvalue weighted by atomic mass is 35.5. The molecular formula is C12H11ClF4N2. The average Bonchev–Trinajstić information content (AvgIpc) is 2.66. The minimum atomic E-state index is -4.30. The van der Waals surface area contributed by atoms with E-state index in [1.54, 1.807) is 0 Å². The third kappa shape index (κ3) is 2.83. The summed E-state index contributed by atoms with van der Waals surface area (Å²) in [6.07, 6.45) is -5.31. The van der Waals surface area contributed by atoms with Crippen LogP contribution in [0.4, 0.5) is 17.6 Å². The molecule has 0 aliphatic heterocycles. The van der Waals surface area contributed by atoms with Crippen LogP contribution in [-0.2, 0) is 5.88 Å². The quantitative estimate of drug-likeness (QED) is 0.605. The summed E-state index contributed by atoms with van der Waals surface area (Å²) in [5.41, 5.74) is 0.375. The molecule has 2 nitrogen and oxygen atoms in total. The lowest BCUT2D eigenvalue weighted by Gasteiger charge is -2.18. The van der Waals surface area contributed by atoms with Crippen molar-refractivity contribution >= 4 is 22.6 Å². The molecule has 1 aromatic carbocycles. The molecular weight excluding hydrogens is 284 g/mol. The first-order valence-corrected chi connectivity index (χ1v) is 6.15. The summed E-state index contributed by atoms with van der Waals surface area (Å²) in [6.45, 7) is 1.41. The van der Waals surface area contributed by atoms with Crippen molar-refractivity contribution in [1.29, 1.82) is 0 Å². The molecule has 2 rings (SSSR count). The van der Waals surface area contributed by atoms with Crippen molar-refractivity contribution < 1.29 is 17.6 Å². The van der Waals surface area contributed by atoms with Crippen molar-refractivity contribution in [3.63, 3.8) is 0 Å². The number of nitrogens with zero attached hydrogens (tertiary/aromatic N) is 2. The van der Waals surface area contributed by atoms with Gasteiger partial charge in [-0.05, 0) is 19.1 Å². The summed E-state index contributed by atoms with van der Waals surface area (Å²) in [4.78, 5) is 3.97.